The van der Waals surface area contributed by atoms with Crippen molar-refractivity contribution >= 4 is 29.9 Å². The van der Waals surface area contributed by atoms with Crippen molar-refractivity contribution in [1.82, 2.24) is 10.6 Å². The van der Waals surface area contributed by atoms with Crippen LogP contribution in [0.5, 0.6) is 11.5 Å². The van der Waals surface area contributed by atoms with Crippen LogP contribution in [-0.2, 0) is 0 Å². The molecule has 6 nitrogen and oxygen atoms in total. The van der Waals surface area contributed by atoms with E-state index in [9.17, 15) is 5.11 Å². The fourth-order valence-electron chi connectivity index (χ4n) is 1.97. The standard InChI is InChI=1S/C17H29N3O3.HI/c1-7-18-16(20-17(2,3)4)19-11-15(21)12-8-13(22-5)10-14(9-12)23-6;/h8-10,15,21H,7,11H2,1-6H3,(H2,18,19,20);1H. The molecule has 0 amide bonds. The van der Waals surface area contributed by atoms with E-state index in [1.165, 1.54) is 0 Å². The second kappa shape index (κ2) is 10.6. The minimum Gasteiger partial charge on any atom is -0.497 e. The molecule has 0 spiro atoms. The number of hydrogen-bond donors (Lipinski definition) is 3. The largest absolute Gasteiger partial charge is 0.497 e. The van der Waals surface area contributed by atoms with Crippen LogP contribution >= 0.6 is 24.0 Å². The minimum absolute atomic E-state index is 0. The Bertz CT molecular complexity index is 508. The van der Waals surface area contributed by atoms with E-state index in [1.807, 2.05) is 6.92 Å². The van der Waals surface area contributed by atoms with E-state index < -0.39 is 6.10 Å². The molecule has 0 heterocycles. The summed E-state index contributed by atoms with van der Waals surface area (Å²) in [5.41, 5.74) is 0.599. The molecule has 138 valence electrons. The number of benzene rings is 1. The predicted molar refractivity (Wildman–Crippen MR) is 109 cm³/mol. The highest BCUT2D eigenvalue weighted by Gasteiger charge is 2.14. The Morgan fingerprint density at radius 2 is 1.71 bits per heavy atom. The summed E-state index contributed by atoms with van der Waals surface area (Å²) in [5.74, 6) is 1.96. The quantitative estimate of drug-likeness (QED) is 0.353. The Hall–Kier alpha value is -1.22. The van der Waals surface area contributed by atoms with E-state index in [2.05, 4.69) is 36.4 Å². The molecule has 0 aliphatic rings. The summed E-state index contributed by atoms with van der Waals surface area (Å²) in [7, 11) is 3.17. The van der Waals surface area contributed by atoms with E-state index >= 15 is 0 Å². The SMILES string of the molecule is CCNC(=NCC(O)c1cc(OC)cc(OC)c1)NC(C)(C)C.I. The van der Waals surface area contributed by atoms with Gasteiger partial charge in [-0.05, 0) is 45.4 Å². The molecular weight excluding hydrogens is 421 g/mol. The first kappa shape index (κ1) is 22.8. The zero-order chi connectivity index (χ0) is 17.5. The van der Waals surface area contributed by atoms with Gasteiger partial charge in [0.2, 0.25) is 0 Å². The highest BCUT2D eigenvalue weighted by molar-refractivity contribution is 14.0. The Balaban J connectivity index is 0.00000529. The first-order chi connectivity index (χ1) is 10.8. The second-order valence-corrected chi connectivity index (χ2v) is 6.26. The number of methoxy groups -OCH3 is 2. The van der Waals surface area contributed by atoms with E-state index in [0.29, 0.717) is 23.0 Å². The number of nitrogens with zero attached hydrogens (tertiary/aromatic N) is 1. The molecule has 7 heteroatoms. The highest BCUT2D eigenvalue weighted by atomic mass is 127. The lowest BCUT2D eigenvalue weighted by atomic mass is 10.1. The average Bonchev–Trinajstić information content (AvgIpc) is 2.50. The molecule has 1 aromatic carbocycles. The summed E-state index contributed by atoms with van der Waals surface area (Å²) in [5, 5.41) is 16.9. The minimum atomic E-state index is -0.741. The predicted octanol–water partition coefficient (Wildman–Crippen LogP) is 2.71. The van der Waals surface area contributed by atoms with Crippen LogP contribution in [0.1, 0.15) is 39.4 Å². The molecule has 0 aromatic heterocycles. The molecule has 24 heavy (non-hydrogen) atoms. The summed E-state index contributed by atoms with van der Waals surface area (Å²) in [6.45, 7) is 9.17. The molecular formula is C17H30IN3O3. The number of aliphatic imine (C=N–C) groups is 1. The normalized spacial score (nSPS) is 12.9. The van der Waals surface area contributed by atoms with Crippen LogP contribution in [-0.4, -0.2) is 43.9 Å². The van der Waals surface area contributed by atoms with E-state index in [4.69, 9.17) is 9.47 Å². The number of aliphatic hydroxyl groups is 1. The zero-order valence-electron chi connectivity index (χ0n) is 15.3. The third kappa shape index (κ3) is 8.05. The van der Waals surface area contributed by atoms with Crippen LogP contribution in [0.25, 0.3) is 0 Å². The van der Waals surface area contributed by atoms with Gasteiger partial charge in [0, 0.05) is 18.2 Å². The summed E-state index contributed by atoms with van der Waals surface area (Å²) >= 11 is 0. The summed E-state index contributed by atoms with van der Waals surface area (Å²) in [6, 6.07) is 5.34. The lowest BCUT2D eigenvalue weighted by Gasteiger charge is -2.24. The third-order valence-electron chi connectivity index (χ3n) is 3.02. The van der Waals surface area contributed by atoms with E-state index in [0.717, 1.165) is 6.54 Å². The van der Waals surface area contributed by atoms with Gasteiger partial charge in [0.15, 0.2) is 5.96 Å². The third-order valence-corrected chi connectivity index (χ3v) is 3.02. The first-order valence-electron chi connectivity index (χ1n) is 7.76. The van der Waals surface area contributed by atoms with Crippen molar-refractivity contribution in [2.75, 3.05) is 27.3 Å². The molecule has 3 N–H and O–H groups in total. The fourth-order valence-corrected chi connectivity index (χ4v) is 1.97. The Morgan fingerprint density at radius 3 is 2.12 bits per heavy atom. The maximum atomic E-state index is 10.4. The number of ether oxygens (including phenoxy) is 2. The van der Waals surface area contributed by atoms with Gasteiger partial charge >= 0.3 is 0 Å². The summed E-state index contributed by atoms with van der Waals surface area (Å²) in [4.78, 5) is 4.45. The van der Waals surface area contributed by atoms with Crippen molar-refractivity contribution in [2.45, 2.75) is 39.3 Å². The number of nitrogens with one attached hydrogen (secondary N) is 2. The molecule has 0 aliphatic carbocycles. The Labute approximate surface area is 162 Å². The van der Waals surface area contributed by atoms with Gasteiger partial charge in [-0.15, -0.1) is 24.0 Å². The maximum Gasteiger partial charge on any atom is 0.191 e. The average molecular weight is 451 g/mol. The van der Waals surface area contributed by atoms with Gasteiger partial charge in [-0.3, -0.25) is 4.99 Å². The van der Waals surface area contributed by atoms with Crippen LogP contribution in [0.15, 0.2) is 23.2 Å². The van der Waals surface area contributed by atoms with Crippen molar-refractivity contribution in [3.05, 3.63) is 23.8 Å². The van der Waals surface area contributed by atoms with Crippen molar-refractivity contribution in [1.29, 1.82) is 0 Å². The highest BCUT2D eigenvalue weighted by Crippen LogP contribution is 2.26. The van der Waals surface area contributed by atoms with Gasteiger partial charge in [-0.2, -0.15) is 0 Å². The maximum absolute atomic E-state index is 10.4. The molecule has 0 radical (unpaired) electrons. The van der Waals surface area contributed by atoms with Crippen LogP contribution < -0.4 is 20.1 Å². The second-order valence-electron chi connectivity index (χ2n) is 6.26. The van der Waals surface area contributed by atoms with Gasteiger partial charge in [0.25, 0.3) is 0 Å². The zero-order valence-corrected chi connectivity index (χ0v) is 17.7. The Kier molecular flexibility index (Phi) is 10.1. The van der Waals surface area contributed by atoms with Gasteiger partial charge in [0.05, 0.1) is 26.9 Å². The number of guanidine groups is 1. The Morgan fingerprint density at radius 1 is 1.17 bits per heavy atom. The molecule has 0 saturated heterocycles. The van der Waals surface area contributed by atoms with Crippen molar-refractivity contribution in [3.8, 4) is 11.5 Å². The van der Waals surface area contributed by atoms with Crippen LogP contribution in [0.4, 0.5) is 0 Å². The summed E-state index contributed by atoms with van der Waals surface area (Å²) < 4.78 is 10.5. The van der Waals surface area contributed by atoms with Crippen LogP contribution in [0, 0.1) is 0 Å². The number of rotatable bonds is 6. The van der Waals surface area contributed by atoms with Crippen molar-refractivity contribution in [2.24, 2.45) is 4.99 Å². The molecule has 0 fully saturated rings. The molecule has 1 aromatic rings. The van der Waals surface area contributed by atoms with Crippen LogP contribution in [0.3, 0.4) is 0 Å². The smallest absolute Gasteiger partial charge is 0.191 e. The monoisotopic (exact) mass is 451 g/mol. The molecule has 1 atom stereocenters. The fraction of sp³-hybridized carbons (Fsp3) is 0.588. The molecule has 1 unspecified atom stereocenters. The number of halogens is 1. The van der Waals surface area contributed by atoms with Gasteiger partial charge in [0.1, 0.15) is 11.5 Å². The lowest BCUT2D eigenvalue weighted by Crippen LogP contribution is -2.47. The number of hydrogen-bond acceptors (Lipinski definition) is 4. The molecule has 1 rings (SSSR count). The number of aliphatic hydroxyl groups excluding tert-OH is 1. The van der Waals surface area contributed by atoms with Gasteiger partial charge in [-0.25, -0.2) is 0 Å². The van der Waals surface area contributed by atoms with Crippen LogP contribution in [0.2, 0.25) is 0 Å². The van der Waals surface area contributed by atoms with Gasteiger partial charge in [-0.1, -0.05) is 0 Å². The molecule has 0 aliphatic heterocycles. The molecule has 0 bridgehead atoms. The van der Waals surface area contributed by atoms with Gasteiger partial charge < -0.3 is 25.2 Å². The molecule has 0 saturated carbocycles. The van der Waals surface area contributed by atoms with E-state index in [-0.39, 0.29) is 36.1 Å². The first-order valence-corrected chi connectivity index (χ1v) is 7.76. The van der Waals surface area contributed by atoms with Crippen molar-refractivity contribution in [3.63, 3.8) is 0 Å². The topological polar surface area (TPSA) is 75.1 Å². The van der Waals surface area contributed by atoms with E-state index in [1.54, 1.807) is 32.4 Å². The van der Waals surface area contributed by atoms with Crippen molar-refractivity contribution < 1.29 is 14.6 Å². The lowest BCUT2D eigenvalue weighted by molar-refractivity contribution is 0.186. The summed E-state index contributed by atoms with van der Waals surface area (Å²) in [6.07, 6.45) is -0.741.